The maximum atomic E-state index is 13.0. The summed E-state index contributed by atoms with van der Waals surface area (Å²) in [5.74, 6) is 1.75. The number of nitrogens with one attached hydrogen (secondary N) is 1. The molecule has 3 aromatic rings. The van der Waals surface area contributed by atoms with E-state index in [-0.39, 0.29) is 11.6 Å². The SMILES string of the molecule is Cc1nc(-c2ccccc2)nc(N2CCCN(C(=O)Nc3cccc(C(F)(F)F)c3)CC2)c1C(C)C. The number of rotatable bonds is 4. The van der Waals surface area contributed by atoms with Crippen molar-refractivity contribution in [3.05, 3.63) is 71.4 Å². The van der Waals surface area contributed by atoms with E-state index in [0.29, 0.717) is 38.4 Å². The second kappa shape index (κ2) is 10.6. The van der Waals surface area contributed by atoms with Gasteiger partial charge in [0.05, 0.1) is 5.56 Å². The fourth-order valence-electron chi connectivity index (χ4n) is 4.51. The first-order valence-corrected chi connectivity index (χ1v) is 12.1. The summed E-state index contributed by atoms with van der Waals surface area (Å²) in [5, 5.41) is 2.62. The molecule has 1 N–H and O–H groups in total. The van der Waals surface area contributed by atoms with E-state index in [4.69, 9.17) is 9.97 Å². The summed E-state index contributed by atoms with van der Waals surface area (Å²) in [6.07, 6.45) is -3.76. The lowest BCUT2D eigenvalue weighted by molar-refractivity contribution is -0.137. The number of carbonyl (C=O) groups is 1. The van der Waals surface area contributed by atoms with E-state index in [1.165, 1.54) is 12.1 Å². The van der Waals surface area contributed by atoms with Crippen molar-refractivity contribution in [2.45, 2.75) is 39.3 Å². The lowest BCUT2D eigenvalue weighted by atomic mass is 10.0. The molecule has 9 heteroatoms. The fraction of sp³-hybridized carbons (Fsp3) is 0.370. The van der Waals surface area contributed by atoms with Gasteiger partial charge in [-0.2, -0.15) is 13.2 Å². The first-order valence-electron chi connectivity index (χ1n) is 12.1. The second-order valence-corrected chi connectivity index (χ2v) is 9.23. The first kappa shape index (κ1) is 25.5. The summed E-state index contributed by atoms with van der Waals surface area (Å²) < 4.78 is 39.1. The number of anilines is 2. The Hall–Kier alpha value is -3.62. The monoisotopic (exact) mass is 497 g/mol. The molecule has 0 bridgehead atoms. The van der Waals surface area contributed by atoms with E-state index in [1.807, 2.05) is 37.3 Å². The molecular formula is C27H30F3N5O. The first-order chi connectivity index (χ1) is 17.1. The predicted octanol–water partition coefficient (Wildman–Crippen LogP) is 6.34. The summed E-state index contributed by atoms with van der Waals surface area (Å²) in [6, 6.07) is 14.1. The van der Waals surface area contributed by atoms with Crippen LogP contribution in [-0.4, -0.2) is 47.1 Å². The molecule has 0 unspecified atom stereocenters. The highest BCUT2D eigenvalue weighted by Gasteiger charge is 2.31. The van der Waals surface area contributed by atoms with Crippen LogP contribution >= 0.6 is 0 Å². The van der Waals surface area contributed by atoms with E-state index >= 15 is 0 Å². The average Bonchev–Trinajstić information content (AvgIpc) is 3.10. The van der Waals surface area contributed by atoms with Crippen molar-refractivity contribution in [3.8, 4) is 11.4 Å². The van der Waals surface area contributed by atoms with Crippen LogP contribution in [0.25, 0.3) is 11.4 Å². The zero-order valence-electron chi connectivity index (χ0n) is 20.6. The maximum absolute atomic E-state index is 13.0. The van der Waals surface area contributed by atoms with Gasteiger partial charge in [0.25, 0.3) is 0 Å². The van der Waals surface area contributed by atoms with Gasteiger partial charge in [-0.3, -0.25) is 0 Å². The Balaban J connectivity index is 1.53. The summed E-state index contributed by atoms with van der Waals surface area (Å²) in [7, 11) is 0. The zero-order chi connectivity index (χ0) is 25.9. The highest BCUT2D eigenvalue weighted by atomic mass is 19.4. The molecule has 0 spiro atoms. The highest BCUT2D eigenvalue weighted by molar-refractivity contribution is 5.89. The minimum Gasteiger partial charge on any atom is -0.354 e. The fourth-order valence-corrected chi connectivity index (χ4v) is 4.51. The van der Waals surface area contributed by atoms with Crippen LogP contribution in [0.3, 0.4) is 0 Å². The second-order valence-electron chi connectivity index (χ2n) is 9.23. The van der Waals surface area contributed by atoms with Crippen LogP contribution in [0.2, 0.25) is 0 Å². The van der Waals surface area contributed by atoms with Crippen molar-refractivity contribution in [1.82, 2.24) is 14.9 Å². The van der Waals surface area contributed by atoms with E-state index in [2.05, 4.69) is 24.1 Å². The van der Waals surface area contributed by atoms with Gasteiger partial charge in [0.1, 0.15) is 5.82 Å². The van der Waals surface area contributed by atoms with Gasteiger partial charge in [0, 0.05) is 48.7 Å². The molecule has 1 aliphatic heterocycles. The van der Waals surface area contributed by atoms with E-state index in [9.17, 15) is 18.0 Å². The van der Waals surface area contributed by atoms with Crippen molar-refractivity contribution in [2.24, 2.45) is 0 Å². The molecule has 0 radical (unpaired) electrons. The molecule has 1 fully saturated rings. The van der Waals surface area contributed by atoms with E-state index < -0.39 is 17.8 Å². The summed E-state index contributed by atoms with van der Waals surface area (Å²) in [5.41, 5.74) is 2.27. The number of aryl methyl sites for hydroxylation is 1. The number of hydrogen-bond acceptors (Lipinski definition) is 4. The molecule has 0 saturated carbocycles. The number of urea groups is 1. The molecule has 0 aliphatic carbocycles. The van der Waals surface area contributed by atoms with Gasteiger partial charge in [-0.25, -0.2) is 14.8 Å². The lowest BCUT2D eigenvalue weighted by Gasteiger charge is -2.27. The summed E-state index contributed by atoms with van der Waals surface area (Å²) in [6.45, 7) is 8.41. The normalized spacial score (nSPS) is 14.6. The minimum absolute atomic E-state index is 0.122. The van der Waals surface area contributed by atoms with E-state index in [1.54, 1.807) is 4.90 Å². The molecule has 2 heterocycles. The summed E-state index contributed by atoms with van der Waals surface area (Å²) in [4.78, 5) is 26.4. The van der Waals surface area contributed by atoms with Crippen LogP contribution < -0.4 is 10.2 Å². The Morgan fingerprint density at radius 1 is 0.972 bits per heavy atom. The topological polar surface area (TPSA) is 61.4 Å². The molecular weight excluding hydrogens is 467 g/mol. The predicted molar refractivity (Wildman–Crippen MR) is 135 cm³/mol. The van der Waals surface area contributed by atoms with Gasteiger partial charge in [-0.15, -0.1) is 0 Å². The third-order valence-corrected chi connectivity index (χ3v) is 6.25. The number of alkyl halides is 3. The Labute approximate surface area is 209 Å². The molecule has 1 aliphatic rings. The molecule has 1 saturated heterocycles. The van der Waals surface area contributed by atoms with Crippen LogP contribution in [0.1, 0.15) is 43.0 Å². The van der Waals surface area contributed by atoms with Crippen LogP contribution in [0.4, 0.5) is 29.5 Å². The third-order valence-electron chi connectivity index (χ3n) is 6.25. The molecule has 190 valence electrons. The highest BCUT2D eigenvalue weighted by Crippen LogP contribution is 2.32. The Bertz CT molecular complexity index is 1210. The maximum Gasteiger partial charge on any atom is 0.416 e. The van der Waals surface area contributed by atoms with Crippen LogP contribution in [0, 0.1) is 6.92 Å². The van der Waals surface area contributed by atoms with E-state index in [0.717, 1.165) is 34.8 Å². The molecule has 36 heavy (non-hydrogen) atoms. The number of nitrogens with zero attached hydrogens (tertiary/aromatic N) is 4. The van der Waals surface area contributed by atoms with Crippen molar-refractivity contribution in [1.29, 1.82) is 0 Å². The molecule has 6 nitrogen and oxygen atoms in total. The Morgan fingerprint density at radius 2 is 1.72 bits per heavy atom. The van der Waals surface area contributed by atoms with Gasteiger partial charge >= 0.3 is 12.2 Å². The zero-order valence-corrected chi connectivity index (χ0v) is 20.6. The van der Waals surface area contributed by atoms with Gasteiger partial charge in [-0.05, 0) is 37.5 Å². The lowest BCUT2D eigenvalue weighted by Crippen LogP contribution is -2.38. The van der Waals surface area contributed by atoms with Crippen molar-refractivity contribution < 1.29 is 18.0 Å². The molecule has 0 atom stereocenters. The number of amides is 2. The molecule has 1 aromatic heterocycles. The van der Waals surface area contributed by atoms with Crippen molar-refractivity contribution >= 4 is 17.5 Å². The number of benzene rings is 2. The third kappa shape index (κ3) is 5.78. The van der Waals surface area contributed by atoms with Gasteiger partial charge < -0.3 is 15.1 Å². The standard InChI is InChI=1S/C27H30F3N5O/c1-18(2)23-19(3)31-24(20-9-5-4-6-10-20)33-25(23)34-13-8-14-35(16-15-34)26(36)32-22-12-7-11-21(17-22)27(28,29)30/h4-7,9-12,17-18H,8,13-16H2,1-3H3,(H,32,36). The van der Waals surface area contributed by atoms with Crippen LogP contribution in [0.5, 0.6) is 0 Å². The number of halogens is 3. The van der Waals surface area contributed by atoms with Crippen LogP contribution in [-0.2, 0) is 6.18 Å². The van der Waals surface area contributed by atoms with Crippen LogP contribution in [0.15, 0.2) is 54.6 Å². The molecule has 2 amide bonds. The smallest absolute Gasteiger partial charge is 0.354 e. The Morgan fingerprint density at radius 3 is 2.42 bits per heavy atom. The Kier molecular flexibility index (Phi) is 7.47. The molecule has 4 rings (SSSR count). The van der Waals surface area contributed by atoms with Gasteiger partial charge in [0.15, 0.2) is 5.82 Å². The van der Waals surface area contributed by atoms with Crippen molar-refractivity contribution in [3.63, 3.8) is 0 Å². The number of hydrogen-bond donors (Lipinski definition) is 1. The average molecular weight is 498 g/mol. The minimum atomic E-state index is -4.47. The number of aromatic nitrogens is 2. The molecule has 2 aromatic carbocycles. The largest absolute Gasteiger partial charge is 0.416 e. The number of carbonyl (C=O) groups excluding carboxylic acids is 1. The van der Waals surface area contributed by atoms with Gasteiger partial charge in [-0.1, -0.05) is 50.2 Å². The quantitative estimate of drug-likeness (QED) is 0.457. The summed E-state index contributed by atoms with van der Waals surface area (Å²) >= 11 is 0. The van der Waals surface area contributed by atoms with Gasteiger partial charge in [0.2, 0.25) is 0 Å². The van der Waals surface area contributed by atoms with Crippen molar-refractivity contribution in [2.75, 3.05) is 36.4 Å².